The van der Waals surface area contributed by atoms with E-state index in [1.165, 1.54) is 0 Å². The first-order chi connectivity index (χ1) is 11.5. The summed E-state index contributed by atoms with van der Waals surface area (Å²) in [6.07, 6.45) is -0.0117. The molecule has 128 valence electrons. The van der Waals surface area contributed by atoms with Gasteiger partial charge in [0.15, 0.2) is 0 Å². The van der Waals surface area contributed by atoms with Gasteiger partial charge in [0.2, 0.25) is 5.91 Å². The van der Waals surface area contributed by atoms with E-state index in [0.29, 0.717) is 26.2 Å². The summed E-state index contributed by atoms with van der Waals surface area (Å²) in [5.74, 6) is -0.326. The highest BCUT2D eigenvalue weighted by Gasteiger charge is 2.31. The fraction of sp³-hybridized carbons (Fsp3) is 0.444. The van der Waals surface area contributed by atoms with Crippen molar-refractivity contribution in [3.8, 4) is 0 Å². The minimum Gasteiger partial charge on any atom is -0.374 e. The van der Waals surface area contributed by atoms with Crippen LogP contribution in [0.2, 0.25) is 0 Å². The molecule has 1 amide bonds. The number of rotatable bonds is 5. The zero-order valence-electron chi connectivity index (χ0n) is 14.2. The second kappa shape index (κ2) is 7.15. The maximum Gasteiger partial charge on any atom is 0.239 e. The Hall–Kier alpha value is -2.18. The van der Waals surface area contributed by atoms with Crippen molar-refractivity contribution < 1.29 is 9.53 Å². The fourth-order valence-electron chi connectivity index (χ4n) is 3.33. The van der Waals surface area contributed by atoms with Crippen LogP contribution in [0.1, 0.15) is 23.0 Å². The summed E-state index contributed by atoms with van der Waals surface area (Å²) in [5, 5.41) is 4.49. The molecule has 2 atom stereocenters. The number of hydrogen-bond donors (Lipinski definition) is 1. The number of benzene rings is 1. The van der Waals surface area contributed by atoms with Gasteiger partial charge in [0.25, 0.3) is 0 Å². The largest absolute Gasteiger partial charge is 0.374 e. The molecule has 2 N–H and O–H groups in total. The molecular formula is C18H24N4O2. The van der Waals surface area contributed by atoms with E-state index in [1.807, 2.05) is 48.9 Å². The summed E-state index contributed by atoms with van der Waals surface area (Å²) in [5.41, 5.74) is 8.73. The summed E-state index contributed by atoms with van der Waals surface area (Å²) in [7, 11) is 0. The van der Waals surface area contributed by atoms with Gasteiger partial charge in [-0.3, -0.25) is 14.4 Å². The molecule has 2 heterocycles. The SMILES string of the molecule is Cc1cc(C)n(C[C@@H]2CN([C@H](C(N)=O)c3ccccc3)CCO2)n1. The number of hydrogen-bond acceptors (Lipinski definition) is 4. The number of carbonyl (C=O) groups is 1. The Bertz CT molecular complexity index is 698. The van der Waals surface area contributed by atoms with Gasteiger partial charge in [0, 0.05) is 18.8 Å². The van der Waals surface area contributed by atoms with Crippen molar-refractivity contribution in [3.63, 3.8) is 0 Å². The van der Waals surface area contributed by atoms with Gasteiger partial charge >= 0.3 is 0 Å². The lowest BCUT2D eigenvalue weighted by molar-refractivity contribution is -0.127. The molecule has 3 rings (SSSR count). The second-order valence-corrected chi connectivity index (χ2v) is 6.31. The van der Waals surface area contributed by atoms with Crippen molar-refractivity contribution >= 4 is 5.91 Å². The summed E-state index contributed by atoms with van der Waals surface area (Å²) >= 11 is 0. The lowest BCUT2D eigenvalue weighted by Gasteiger charge is -2.37. The molecule has 0 unspecified atom stereocenters. The Kier molecular flexibility index (Phi) is 4.97. The number of nitrogens with two attached hydrogens (primary N) is 1. The molecule has 1 fully saturated rings. The molecule has 2 aromatic rings. The zero-order valence-corrected chi connectivity index (χ0v) is 14.2. The molecule has 6 nitrogen and oxygen atoms in total. The normalized spacial score (nSPS) is 20.0. The van der Waals surface area contributed by atoms with E-state index in [9.17, 15) is 4.79 Å². The first kappa shape index (κ1) is 16.7. The predicted octanol–water partition coefficient (Wildman–Crippen LogP) is 1.43. The van der Waals surface area contributed by atoms with Gasteiger partial charge in [0.1, 0.15) is 6.04 Å². The average molecular weight is 328 g/mol. The van der Waals surface area contributed by atoms with Crippen LogP contribution in [0.3, 0.4) is 0 Å². The number of ether oxygens (including phenoxy) is 1. The number of aryl methyl sites for hydroxylation is 2. The maximum absolute atomic E-state index is 12.0. The van der Waals surface area contributed by atoms with E-state index < -0.39 is 6.04 Å². The molecule has 0 spiro atoms. The standard InChI is InChI=1S/C18H24N4O2/c1-13-10-14(2)22(20-13)12-16-11-21(8-9-24-16)17(18(19)23)15-6-4-3-5-7-15/h3-7,10,16-17H,8-9,11-12H2,1-2H3,(H2,19,23)/t16-,17-/m0/s1. The molecule has 0 saturated carbocycles. The third-order valence-electron chi connectivity index (χ3n) is 4.40. The molecule has 0 bridgehead atoms. The zero-order chi connectivity index (χ0) is 17.1. The number of amides is 1. The Labute approximate surface area is 142 Å². The Morgan fingerprint density at radius 1 is 1.38 bits per heavy atom. The van der Waals surface area contributed by atoms with Gasteiger partial charge in [-0.15, -0.1) is 0 Å². The van der Waals surface area contributed by atoms with Crippen LogP contribution in [0, 0.1) is 13.8 Å². The van der Waals surface area contributed by atoms with Crippen LogP contribution < -0.4 is 5.73 Å². The molecule has 1 aliphatic rings. The Balaban J connectivity index is 1.74. The van der Waals surface area contributed by atoms with E-state index >= 15 is 0 Å². The van der Waals surface area contributed by atoms with Gasteiger partial charge in [-0.25, -0.2) is 0 Å². The monoisotopic (exact) mass is 328 g/mol. The van der Waals surface area contributed by atoms with E-state index in [1.54, 1.807) is 0 Å². The molecule has 0 radical (unpaired) electrons. The van der Waals surface area contributed by atoms with Crippen molar-refractivity contribution in [2.75, 3.05) is 19.7 Å². The topological polar surface area (TPSA) is 73.4 Å². The fourth-order valence-corrected chi connectivity index (χ4v) is 3.33. The molecule has 24 heavy (non-hydrogen) atoms. The van der Waals surface area contributed by atoms with Crippen molar-refractivity contribution in [2.24, 2.45) is 5.73 Å². The van der Waals surface area contributed by atoms with Crippen LogP contribution in [0.5, 0.6) is 0 Å². The molecule has 1 aromatic heterocycles. The average Bonchev–Trinajstić information content (AvgIpc) is 2.86. The lowest BCUT2D eigenvalue weighted by Crippen LogP contribution is -2.49. The second-order valence-electron chi connectivity index (χ2n) is 6.31. The van der Waals surface area contributed by atoms with Gasteiger partial charge < -0.3 is 10.5 Å². The van der Waals surface area contributed by atoms with Crippen molar-refractivity contribution in [1.82, 2.24) is 14.7 Å². The molecule has 1 aliphatic heterocycles. The third-order valence-corrected chi connectivity index (χ3v) is 4.40. The van der Waals surface area contributed by atoms with Crippen LogP contribution in [0.25, 0.3) is 0 Å². The Morgan fingerprint density at radius 2 is 2.12 bits per heavy atom. The number of morpholine rings is 1. The summed E-state index contributed by atoms with van der Waals surface area (Å²) in [6.45, 7) is 6.63. The first-order valence-corrected chi connectivity index (χ1v) is 8.25. The van der Waals surface area contributed by atoms with Gasteiger partial charge in [-0.1, -0.05) is 30.3 Å². The smallest absolute Gasteiger partial charge is 0.239 e. The Morgan fingerprint density at radius 3 is 2.75 bits per heavy atom. The molecule has 1 aromatic carbocycles. The highest BCUT2D eigenvalue weighted by molar-refractivity contribution is 5.81. The van der Waals surface area contributed by atoms with E-state index in [4.69, 9.17) is 10.5 Å². The summed E-state index contributed by atoms with van der Waals surface area (Å²) < 4.78 is 7.85. The quantitative estimate of drug-likeness (QED) is 0.901. The minimum absolute atomic E-state index is 0.0117. The van der Waals surface area contributed by atoms with E-state index in [-0.39, 0.29) is 12.0 Å². The van der Waals surface area contributed by atoms with Crippen LogP contribution in [-0.2, 0) is 16.1 Å². The number of carbonyl (C=O) groups excluding carboxylic acids is 1. The highest BCUT2D eigenvalue weighted by Crippen LogP contribution is 2.23. The summed E-state index contributed by atoms with van der Waals surface area (Å²) in [6, 6.07) is 11.3. The van der Waals surface area contributed by atoms with Crippen LogP contribution in [-0.4, -0.2) is 46.4 Å². The number of aromatic nitrogens is 2. The van der Waals surface area contributed by atoms with E-state index in [0.717, 1.165) is 17.0 Å². The van der Waals surface area contributed by atoms with Crippen molar-refractivity contribution in [3.05, 3.63) is 53.3 Å². The number of primary amides is 1. The van der Waals surface area contributed by atoms with Crippen LogP contribution in [0.4, 0.5) is 0 Å². The first-order valence-electron chi connectivity index (χ1n) is 8.25. The molecule has 0 aliphatic carbocycles. The lowest BCUT2D eigenvalue weighted by atomic mass is 10.0. The van der Waals surface area contributed by atoms with E-state index in [2.05, 4.69) is 16.1 Å². The minimum atomic E-state index is -0.418. The molecule has 1 saturated heterocycles. The maximum atomic E-state index is 12.0. The van der Waals surface area contributed by atoms with Gasteiger partial charge in [-0.2, -0.15) is 5.10 Å². The molecule has 6 heteroatoms. The molecular weight excluding hydrogens is 304 g/mol. The number of nitrogens with zero attached hydrogens (tertiary/aromatic N) is 3. The van der Waals surface area contributed by atoms with Crippen LogP contribution >= 0.6 is 0 Å². The predicted molar refractivity (Wildman–Crippen MR) is 91.4 cm³/mol. The van der Waals surface area contributed by atoms with Gasteiger partial charge in [0.05, 0.1) is 24.9 Å². The summed E-state index contributed by atoms with van der Waals surface area (Å²) in [4.78, 5) is 14.2. The van der Waals surface area contributed by atoms with Gasteiger partial charge in [-0.05, 0) is 25.5 Å². The van der Waals surface area contributed by atoms with Crippen molar-refractivity contribution in [1.29, 1.82) is 0 Å². The van der Waals surface area contributed by atoms with Crippen LogP contribution in [0.15, 0.2) is 36.4 Å². The third kappa shape index (κ3) is 3.66. The highest BCUT2D eigenvalue weighted by atomic mass is 16.5. The van der Waals surface area contributed by atoms with Crippen molar-refractivity contribution in [2.45, 2.75) is 32.5 Å².